The number of anilines is 2. The third-order valence-electron chi connectivity index (χ3n) is 8.29. The summed E-state index contributed by atoms with van der Waals surface area (Å²) in [6.07, 6.45) is 3.81. The minimum atomic E-state index is -0.349. The van der Waals surface area contributed by atoms with Crippen LogP contribution in [0.1, 0.15) is 46.1 Å². The van der Waals surface area contributed by atoms with E-state index in [4.69, 9.17) is 21.3 Å². The Morgan fingerprint density at radius 3 is 2.62 bits per heavy atom. The van der Waals surface area contributed by atoms with E-state index in [-0.39, 0.29) is 28.4 Å². The van der Waals surface area contributed by atoms with Gasteiger partial charge in [0.05, 0.1) is 29.7 Å². The van der Waals surface area contributed by atoms with Gasteiger partial charge in [0.15, 0.2) is 5.69 Å². The average Bonchev–Trinajstić information content (AvgIpc) is 3.25. The molecule has 4 heterocycles. The molecule has 2 aliphatic rings. The second kappa shape index (κ2) is 10.8. The Kier molecular flexibility index (Phi) is 7.30. The summed E-state index contributed by atoms with van der Waals surface area (Å²) in [5.74, 6) is 2.30. The van der Waals surface area contributed by atoms with E-state index in [9.17, 15) is 9.59 Å². The number of nitrogens with one attached hydrogen (secondary N) is 2. The van der Waals surface area contributed by atoms with Crippen molar-refractivity contribution in [2.45, 2.75) is 25.8 Å². The summed E-state index contributed by atoms with van der Waals surface area (Å²) in [6, 6.07) is 7.00. The standard InChI is InChI=1S/C29H33ClN8O3S/c1-14-9-16(15(2)31-21-7-8-22(30)32-25(21)26(39)35-42-6)24-17(10-14)28(40)37(4)29(33-24)38-12-18-19(13-38)23(18)20-11-36(3)34-27(20)41-5/h7-11,15,18-19,23,31H,12-13H2,1-6H3,(H,35,39). The Balaban J connectivity index is 1.32. The highest BCUT2D eigenvalue weighted by Crippen LogP contribution is 2.60. The summed E-state index contributed by atoms with van der Waals surface area (Å²) in [4.78, 5) is 37.9. The third kappa shape index (κ3) is 4.86. The molecule has 11 nitrogen and oxygen atoms in total. The van der Waals surface area contributed by atoms with Gasteiger partial charge in [0.2, 0.25) is 11.8 Å². The highest BCUT2D eigenvalue weighted by Gasteiger charge is 2.58. The Morgan fingerprint density at radius 2 is 1.93 bits per heavy atom. The first-order valence-electron chi connectivity index (χ1n) is 13.7. The molecule has 13 heteroatoms. The van der Waals surface area contributed by atoms with Crippen LogP contribution in [0.15, 0.2) is 35.3 Å². The molecule has 1 aliphatic carbocycles. The van der Waals surface area contributed by atoms with Crippen molar-refractivity contribution in [2.75, 3.05) is 36.7 Å². The Bertz CT molecular complexity index is 1760. The molecule has 1 saturated heterocycles. The second-order valence-corrected chi connectivity index (χ2v) is 12.1. The van der Waals surface area contributed by atoms with Crippen LogP contribution in [0, 0.1) is 18.8 Å². The van der Waals surface area contributed by atoms with Gasteiger partial charge in [-0.2, -0.15) is 0 Å². The number of carbonyl (C=O) groups excluding carboxylic acids is 1. The monoisotopic (exact) mass is 608 g/mol. The minimum absolute atomic E-state index is 0.0913. The molecule has 3 unspecified atom stereocenters. The van der Waals surface area contributed by atoms with Gasteiger partial charge in [-0.3, -0.25) is 23.6 Å². The minimum Gasteiger partial charge on any atom is -0.480 e. The molecular formula is C29H33ClN8O3S. The van der Waals surface area contributed by atoms with Crippen molar-refractivity contribution in [3.63, 3.8) is 0 Å². The molecule has 6 rings (SSSR count). The molecular weight excluding hydrogens is 576 g/mol. The zero-order valence-corrected chi connectivity index (χ0v) is 25.9. The molecule has 4 aromatic rings. The maximum Gasteiger partial charge on any atom is 0.281 e. The number of benzene rings is 1. The number of halogens is 1. The normalized spacial score (nSPS) is 20.0. The summed E-state index contributed by atoms with van der Waals surface area (Å²) >= 11 is 7.30. The molecule has 0 bridgehead atoms. The molecule has 2 fully saturated rings. The molecule has 1 aromatic carbocycles. The van der Waals surface area contributed by atoms with Crippen LogP contribution >= 0.6 is 23.5 Å². The number of aromatic nitrogens is 5. The maximum absolute atomic E-state index is 13.7. The summed E-state index contributed by atoms with van der Waals surface area (Å²) in [7, 11) is 5.35. The molecule has 1 aliphatic heterocycles. The van der Waals surface area contributed by atoms with Crippen LogP contribution in [0.3, 0.4) is 0 Å². The summed E-state index contributed by atoms with van der Waals surface area (Å²) in [5.41, 5.74) is 4.23. The quantitative estimate of drug-likeness (QED) is 0.225. The van der Waals surface area contributed by atoms with Crippen LogP contribution in [-0.4, -0.2) is 56.7 Å². The number of rotatable bonds is 8. The van der Waals surface area contributed by atoms with Gasteiger partial charge in [-0.15, -0.1) is 5.10 Å². The summed E-state index contributed by atoms with van der Waals surface area (Å²) < 4.78 is 11.7. The highest BCUT2D eigenvalue weighted by molar-refractivity contribution is 7.97. The number of nitrogens with zero attached hydrogens (tertiary/aromatic N) is 6. The van der Waals surface area contributed by atoms with E-state index >= 15 is 0 Å². The Labute approximate surface area is 252 Å². The lowest BCUT2D eigenvalue weighted by Gasteiger charge is -2.25. The number of carbonyl (C=O) groups is 1. The van der Waals surface area contributed by atoms with Gasteiger partial charge >= 0.3 is 0 Å². The van der Waals surface area contributed by atoms with Crippen LogP contribution in [0.2, 0.25) is 5.15 Å². The number of hydrogen-bond donors (Lipinski definition) is 2. The topological polar surface area (TPSA) is 119 Å². The largest absolute Gasteiger partial charge is 0.480 e. The molecule has 3 atom stereocenters. The van der Waals surface area contributed by atoms with E-state index in [0.29, 0.717) is 46.2 Å². The van der Waals surface area contributed by atoms with Crippen molar-refractivity contribution in [1.82, 2.24) is 29.0 Å². The van der Waals surface area contributed by atoms with Crippen LogP contribution < -0.4 is 25.2 Å². The van der Waals surface area contributed by atoms with Crippen molar-refractivity contribution >= 4 is 52.0 Å². The number of ether oxygens (including phenoxy) is 1. The number of piperidine rings is 1. The lowest BCUT2D eigenvalue weighted by atomic mass is 10.0. The molecule has 220 valence electrons. The number of aryl methyl sites for hydroxylation is 2. The van der Waals surface area contributed by atoms with E-state index in [2.05, 4.69) is 25.0 Å². The molecule has 3 aromatic heterocycles. The van der Waals surface area contributed by atoms with Crippen molar-refractivity contribution in [3.8, 4) is 5.88 Å². The van der Waals surface area contributed by atoms with Crippen molar-refractivity contribution in [3.05, 3.63) is 68.4 Å². The number of amides is 1. The fourth-order valence-electron chi connectivity index (χ4n) is 6.36. The Hall–Kier alpha value is -3.77. The molecule has 2 N–H and O–H groups in total. The Morgan fingerprint density at radius 1 is 1.19 bits per heavy atom. The molecule has 0 radical (unpaired) electrons. The van der Waals surface area contributed by atoms with Crippen LogP contribution in [-0.2, 0) is 14.1 Å². The maximum atomic E-state index is 13.7. The first kappa shape index (κ1) is 28.4. The number of methoxy groups -OCH3 is 1. The van der Waals surface area contributed by atoms with E-state index < -0.39 is 0 Å². The van der Waals surface area contributed by atoms with Gasteiger partial charge < -0.3 is 15.0 Å². The van der Waals surface area contributed by atoms with Crippen LogP contribution in [0.4, 0.5) is 11.6 Å². The summed E-state index contributed by atoms with van der Waals surface area (Å²) in [5, 5.41) is 8.63. The highest BCUT2D eigenvalue weighted by atomic mass is 35.5. The van der Waals surface area contributed by atoms with Crippen molar-refractivity contribution < 1.29 is 9.53 Å². The predicted molar refractivity (Wildman–Crippen MR) is 166 cm³/mol. The molecule has 1 saturated carbocycles. The summed E-state index contributed by atoms with van der Waals surface area (Å²) in [6.45, 7) is 5.55. The molecule has 1 amide bonds. The van der Waals surface area contributed by atoms with E-state index in [1.54, 1.807) is 41.8 Å². The number of fused-ring (bicyclic) bond motifs is 2. The van der Waals surface area contributed by atoms with E-state index in [1.165, 1.54) is 11.9 Å². The third-order valence-corrected chi connectivity index (χ3v) is 8.89. The SMILES string of the molecule is COc1nn(C)cc1C1C2CN(c3nc4c(C(C)Nc5ccc(Cl)nc5C(=O)NSC)cc(C)cc4c(=O)n3C)CC21. The van der Waals surface area contributed by atoms with E-state index in [1.807, 2.05) is 39.2 Å². The van der Waals surface area contributed by atoms with Gasteiger partial charge in [-0.1, -0.05) is 29.6 Å². The fourth-order valence-corrected chi connectivity index (χ4v) is 6.79. The lowest BCUT2D eigenvalue weighted by molar-refractivity contribution is 0.0980. The number of pyridine rings is 1. The zero-order valence-electron chi connectivity index (χ0n) is 24.3. The van der Waals surface area contributed by atoms with Gasteiger partial charge in [0.1, 0.15) is 5.15 Å². The fraction of sp³-hybridized carbons (Fsp3) is 0.414. The van der Waals surface area contributed by atoms with Crippen LogP contribution in [0.5, 0.6) is 5.88 Å². The van der Waals surface area contributed by atoms with Crippen molar-refractivity contribution in [1.29, 1.82) is 0 Å². The second-order valence-electron chi connectivity index (χ2n) is 11.1. The van der Waals surface area contributed by atoms with Gasteiger partial charge in [-0.05, 0) is 49.4 Å². The number of hydrogen-bond acceptors (Lipinski definition) is 9. The first-order chi connectivity index (χ1) is 20.1. The van der Waals surface area contributed by atoms with Crippen LogP contribution in [0.25, 0.3) is 10.9 Å². The van der Waals surface area contributed by atoms with Gasteiger partial charge in [0.25, 0.3) is 11.5 Å². The molecule has 42 heavy (non-hydrogen) atoms. The van der Waals surface area contributed by atoms with Crippen molar-refractivity contribution in [2.24, 2.45) is 25.9 Å². The predicted octanol–water partition coefficient (Wildman–Crippen LogP) is 4.06. The first-order valence-corrected chi connectivity index (χ1v) is 15.3. The zero-order chi connectivity index (χ0) is 29.9. The lowest BCUT2D eigenvalue weighted by Crippen LogP contribution is -2.32. The molecule has 0 spiro atoms. The van der Waals surface area contributed by atoms with E-state index in [0.717, 1.165) is 29.8 Å². The smallest absolute Gasteiger partial charge is 0.281 e. The van der Waals surface area contributed by atoms with Gasteiger partial charge in [0, 0.05) is 56.7 Å². The van der Waals surface area contributed by atoms with Gasteiger partial charge in [-0.25, -0.2) is 9.97 Å². The average molecular weight is 609 g/mol.